The fourth-order valence-corrected chi connectivity index (χ4v) is 1.98. The predicted octanol–water partition coefficient (Wildman–Crippen LogP) is 3.14. The zero-order valence-corrected chi connectivity index (χ0v) is 12.6. The van der Waals surface area contributed by atoms with Gasteiger partial charge in [0.1, 0.15) is 5.76 Å². The standard InChI is InChI=1S/C15H24N2O4/c1-3-4-5-6-7-11(2)17-15(20)16-10-12-8-9-13(21-12)14(18)19/h8-9,11H,3-7,10H2,1-2H3,(H,18,19)(H2,16,17,20). The first-order valence-electron chi connectivity index (χ1n) is 7.39. The highest BCUT2D eigenvalue weighted by Crippen LogP contribution is 2.07. The number of amides is 2. The minimum absolute atomic E-state index is 0.119. The van der Waals surface area contributed by atoms with E-state index >= 15 is 0 Å². The summed E-state index contributed by atoms with van der Waals surface area (Å²) in [7, 11) is 0. The van der Waals surface area contributed by atoms with Gasteiger partial charge in [-0.3, -0.25) is 0 Å². The van der Waals surface area contributed by atoms with Crippen molar-refractivity contribution in [3.05, 3.63) is 23.7 Å². The molecule has 1 atom stereocenters. The first kappa shape index (κ1) is 17.1. The Bertz CT molecular complexity index is 456. The van der Waals surface area contributed by atoms with Crippen LogP contribution in [0.15, 0.2) is 16.5 Å². The fraction of sp³-hybridized carbons (Fsp3) is 0.600. The van der Waals surface area contributed by atoms with Crippen LogP contribution in [-0.4, -0.2) is 23.1 Å². The fourth-order valence-electron chi connectivity index (χ4n) is 1.98. The Hall–Kier alpha value is -1.98. The third kappa shape index (κ3) is 6.83. The van der Waals surface area contributed by atoms with Gasteiger partial charge in [-0.05, 0) is 25.5 Å². The maximum atomic E-state index is 11.7. The van der Waals surface area contributed by atoms with Crippen molar-refractivity contribution < 1.29 is 19.1 Å². The van der Waals surface area contributed by atoms with E-state index in [1.165, 1.54) is 31.4 Å². The summed E-state index contributed by atoms with van der Waals surface area (Å²) in [5.74, 6) is -0.832. The van der Waals surface area contributed by atoms with Crippen LogP contribution in [0.4, 0.5) is 4.79 Å². The Morgan fingerprint density at radius 2 is 2.05 bits per heavy atom. The van der Waals surface area contributed by atoms with Gasteiger partial charge in [-0.25, -0.2) is 9.59 Å². The van der Waals surface area contributed by atoms with Crippen LogP contribution in [0.1, 0.15) is 62.3 Å². The average Bonchev–Trinajstić information content (AvgIpc) is 2.90. The largest absolute Gasteiger partial charge is 0.475 e. The number of rotatable bonds is 9. The summed E-state index contributed by atoms with van der Waals surface area (Å²) < 4.78 is 5.05. The average molecular weight is 296 g/mol. The van der Waals surface area contributed by atoms with Crippen LogP contribution < -0.4 is 10.6 Å². The maximum Gasteiger partial charge on any atom is 0.371 e. The second-order valence-corrected chi connectivity index (χ2v) is 5.15. The summed E-state index contributed by atoms with van der Waals surface area (Å²) in [6.45, 7) is 4.31. The molecule has 1 rings (SSSR count). The summed E-state index contributed by atoms with van der Waals surface area (Å²) in [4.78, 5) is 22.3. The molecule has 21 heavy (non-hydrogen) atoms. The molecule has 0 saturated carbocycles. The van der Waals surface area contributed by atoms with Gasteiger partial charge in [0.05, 0.1) is 6.54 Å². The summed E-state index contributed by atoms with van der Waals surface area (Å²) in [5, 5.41) is 14.2. The number of aromatic carboxylic acids is 1. The van der Waals surface area contributed by atoms with Gasteiger partial charge in [0, 0.05) is 6.04 Å². The van der Waals surface area contributed by atoms with Gasteiger partial charge in [0.15, 0.2) is 0 Å². The molecule has 0 bridgehead atoms. The van der Waals surface area contributed by atoms with E-state index in [9.17, 15) is 9.59 Å². The highest BCUT2D eigenvalue weighted by molar-refractivity contribution is 5.84. The lowest BCUT2D eigenvalue weighted by Crippen LogP contribution is -2.40. The van der Waals surface area contributed by atoms with Crippen molar-refractivity contribution in [2.75, 3.05) is 0 Å². The third-order valence-electron chi connectivity index (χ3n) is 3.16. The van der Waals surface area contributed by atoms with E-state index < -0.39 is 5.97 Å². The molecule has 0 saturated heterocycles. The van der Waals surface area contributed by atoms with Crippen LogP contribution >= 0.6 is 0 Å². The Morgan fingerprint density at radius 1 is 1.29 bits per heavy atom. The number of urea groups is 1. The molecule has 1 unspecified atom stereocenters. The molecule has 0 spiro atoms. The summed E-state index contributed by atoms with van der Waals surface area (Å²) in [5.41, 5.74) is 0. The van der Waals surface area contributed by atoms with E-state index in [4.69, 9.17) is 9.52 Å². The zero-order valence-electron chi connectivity index (χ0n) is 12.6. The predicted molar refractivity (Wildman–Crippen MR) is 79.3 cm³/mol. The minimum Gasteiger partial charge on any atom is -0.475 e. The van der Waals surface area contributed by atoms with Crippen LogP contribution in [0.2, 0.25) is 0 Å². The molecule has 6 heteroatoms. The van der Waals surface area contributed by atoms with Crippen LogP contribution in [0.5, 0.6) is 0 Å². The molecular weight excluding hydrogens is 272 g/mol. The van der Waals surface area contributed by atoms with Crippen LogP contribution in [-0.2, 0) is 6.54 Å². The minimum atomic E-state index is -1.12. The van der Waals surface area contributed by atoms with Crippen molar-refractivity contribution in [1.29, 1.82) is 0 Å². The first-order valence-corrected chi connectivity index (χ1v) is 7.39. The van der Waals surface area contributed by atoms with Crippen LogP contribution in [0.3, 0.4) is 0 Å². The topological polar surface area (TPSA) is 91.6 Å². The Balaban J connectivity index is 2.22. The molecular formula is C15H24N2O4. The number of furan rings is 1. The number of carboxylic acid groups (broad SMARTS) is 1. The van der Waals surface area contributed by atoms with Crippen LogP contribution in [0.25, 0.3) is 0 Å². The molecule has 1 heterocycles. The molecule has 118 valence electrons. The smallest absolute Gasteiger partial charge is 0.371 e. The van der Waals surface area contributed by atoms with Crippen molar-refractivity contribution in [3.63, 3.8) is 0 Å². The van der Waals surface area contributed by atoms with E-state index in [0.29, 0.717) is 5.76 Å². The number of unbranched alkanes of at least 4 members (excludes halogenated alkanes) is 3. The van der Waals surface area contributed by atoms with Crippen molar-refractivity contribution in [2.45, 2.75) is 58.5 Å². The number of hydrogen-bond donors (Lipinski definition) is 3. The maximum absolute atomic E-state index is 11.7. The molecule has 0 aliphatic heterocycles. The van der Waals surface area contributed by atoms with E-state index in [2.05, 4.69) is 17.6 Å². The molecule has 0 radical (unpaired) electrons. The van der Waals surface area contributed by atoms with E-state index in [1.54, 1.807) is 0 Å². The number of hydrogen-bond acceptors (Lipinski definition) is 3. The van der Waals surface area contributed by atoms with E-state index in [1.807, 2.05) is 6.92 Å². The quantitative estimate of drug-likeness (QED) is 0.610. The zero-order chi connectivity index (χ0) is 15.7. The molecule has 0 aliphatic carbocycles. The summed E-state index contributed by atoms with van der Waals surface area (Å²) in [6, 6.07) is 2.75. The number of carbonyl (C=O) groups excluding carboxylic acids is 1. The monoisotopic (exact) mass is 296 g/mol. The van der Waals surface area contributed by atoms with Crippen molar-refractivity contribution in [2.24, 2.45) is 0 Å². The molecule has 2 amide bonds. The van der Waals surface area contributed by atoms with Gasteiger partial charge in [0.2, 0.25) is 5.76 Å². The first-order chi connectivity index (χ1) is 10.0. The normalized spacial score (nSPS) is 11.9. The van der Waals surface area contributed by atoms with Crippen molar-refractivity contribution in [3.8, 4) is 0 Å². The number of carboxylic acids is 1. The molecule has 0 fully saturated rings. The van der Waals surface area contributed by atoms with Crippen molar-refractivity contribution in [1.82, 2.24) is 10.6 Å². The molecule has 1 aromatic rings. The van der Waals surface area contributed by atoms with E-state index in [-0.39, 0.29) is 24.4 Å². The highest BCUT2D eigenvalue weighted by Gasteiger charge is 2.10. The lowest BCUT2D eigenvalue weighted by molar-refractivity contribution is 0.0660. The highest BCUT2D eigenvalue weighted by atomic mass is 16.4. The van der Waals surface area contributed by atoms with E-state index in [0.717, 1.165) is 12.8 Å². The Morgan fingerprint density at radius 3 is 2.67 bits per heavy atom. The van der Waals surface area contributed by atoms with Gasteiger partial charge in [-0.1, -0.05) is 32.6 Å². The molecule has 3 N–H and O–H groups in total. The van der Waals surface area contributed by atoms with Gasteiger partial charge >= 0.3 is 12.0 Å². The van der Waals surface area contributed by atoms with Gasteiger partial charge in [0.25, 0.3) is 0 Å². The lowest BCUT2D eigenvalue weighted by atomic mass is 10.1. The second kappa shape index (κ2) is 9.05. The van der Waals surface area contributed by atoms with Crippen LogP contribution in [0, 0.1) is 0 Å². The van der Waals surface area contributed by atoms with Gasteiger partial charge in [-0.2, -0.15) is 0 Å². The van der Waals surface area contributed by atoms with Gasteiger partial charge in [-0.15, -0.1) is 0 Å². The van der Waals surface area contributed by atoms with Gasteiger partial charge < -0.3 is 20.2 Å². The van der Waals surface area contributed by atoms with Crippen molar-refractivity contribution >= 4 is 12.0 Å². The molecule has 6 nitrogen and oxygen atoms in total. The number of nitrogens with one attached hydrogen (secondary N) is 2. The lowest BCUT2D eigenvalue weighted by Gasteiger charge is -2.14. The summed E-state index contributed by atoms with van der Waals surface area (Å²) >= 11 is 0. The second-order valence-electron chi connectivity index (χ2n) is 5.15. The molecule has 0 aliphatic rings. The SMILES string of the molecule is CCCCCCC(C)NC(=O)NCc1ccc(C(=O)O)o1. The third-order valence-corrected chi connectivity index (χ3v) is 3.16. The Kier molecular flexibility index (Phi) is 7.36. The summed E-state index contributed by atoms with van der Waals surface area (Å²) in [6.07, 6.45) is 5.67. The molecule has 0 aromatic carbocycles. The Labute approximate surface area is 124 Å². The number of carbonyl (C=O) groups is 2. The molecule has 1 aromatic heterocycles.